The van der Waals surface area contributed by atoms with Crippen LogP contribution in [0.2, 0.25) is 0 Å². The van der Waals surface area contributed by atoms with E-state index in [-0.39, 0.29) is 12.0 Å². The molecule has 7 nitrogen and oxygen atoms in total. The highest BCUT2D eigenvalue weighted by atomic mass is 32.1. The zero-order valence-electron chi connectivity index (χ0n) is 15.2. The largest absolute Gasteiger partial charge is 0.458 e. The van der Waals surface area contributed by atoms with Crippen LogP contribution in [0.5, 0.6) is 6.01 Å². The van der Waals surface area contributed by atoms with Crippen molar-refractivity contribution in [2.24, 2.45) is 0 Å². The second-order valence-corrected chi connectivity index (χ2v) is 7.57. The molecule has 8 heteroatoms. The lowest BCUT2D eigenvalue weighted by molar-refractivity contribution is 0.0506. The number of carbonyl (C=O) groups is 1. The molecule has 1 fully saturated rings. The molecule has 3 aromatic heterocycles. The molecular weight excluding hydrogens is 364 g/mol. The minimum Gasteiger partial charge on any atom is -0.458 e. The van der Waals surface area contributed by atoms with Gasteiger partial charge in [-0.2, -0.15) is 0 Å². The number of likely N-dealkylation sites (tertiary alicyclic amines) is 1. The van der Waals surface area contributed by atoms with Crippen LogP contribution in [0.4, 0.5) is 0 Å². The van der Waals surface area contributed by atoms with Crippen LogP contribution < -0.4 is 4.74 Å². The van der Waals surface area contributed by atoms with Crippen molar-refractivity contribution < 1.29 is 14.1 Å². The van der Waals surface area contributed by atoms with Crippen LogP contribution in [0, 0.1) is 13.8 Å². The first kappa shape index (κ1) is 17.7. The van der Waals surface area contributed by atoms with Gasteiger partial charge in [0.15, 0.2) is 11.5 Å². The van der Waals surface area contributed by atoms with Crippen molar-refractivity contribution in [3.63, 3.8) is 0 Å². The number of nitrogens with zero attached hydrogens (tertiary/aromatic N) is 4. The monoisotopic (exact) mass is 384 g/mol. The molecule has 0 spiro atoms. The number of hydrogen-bond acceptors (Lipinski definition) is 7. The first-order valence-electron chi connectivity index (χ1n) is 8.87. The Morgan fingerprint density at radius 3 is 2.85 bits per heavy atom. The van der Waals surface area contributed by atoms with Crippen LogP contribution in [0.25, 0.3) is 10.6 Å². The number of hydrogen-bond donors (Lipinski definition) is 0. The van der Waals surface area contributed by atoms with E-state index in [9.17, 15) is 4.79 Å². The van der Waals surface area contributed by atoms with Gasteiger partial charge in [-0.25, -0.2) is 9.97 Å². The SMILES string of the molecule is Cc1cc(C)nc(OC2CCCN(C(=O)c3cc(-c4cccs4)on3)C2)n1. The Bertz CT molecular complexity index is 918. The molecule has 1 amide bonds. The van der Waals surface area contributed by atoms with E-state index in [2.05, 4.69) is 15.1 Å². The Kier molecular flexibility index (Phi) is 4.89. The summed E-state index contributed by atoms with van der Waals surface area (Å²) in [5.41, 5.74) is 2.05. The summed E-state index contributed by atoms with van der Waals surface area (Å²) in [6, 6.07) is 7.85. The first-order valence-corrected chi connectivity index (χ1v) is 9.75. The molecule has 1 saturated heterocycles. The number of carbonyl (C=O) groups excluding carboxylic acids is 1. The number of piperidine rings is 1. The van der Waals surface area contributed by atoms with Gasteiger partial charge in [0.05, 0.1) is 11.4 Å². The average molecular weight is 384 g/mol. The normalized spacial score (nSPS) is 17.1. The Labute approximate surface area is 161 Å². The number of amides is 1. The Hall–Kier alpha value is -2.74. The topological polar surface area (TPSA) is 81.4 Å². The molecule has 0 radical (unpaired) electrons. The van der Waals surface area contributed by atoms with Crippen molar-refractivity contribution in [3.05, 3.63) is 46.7 Å². The number of ether oxygens (including phenoxy) is 1. The summed E-state index contributed by atoms with van der Waals surface area (Å²) in [5.74, 6) is 0.470. The van der Waals surface area contributed by atoms with Crippen molar-refractivity contribution in [1.82, 2.24) is 20.0 Å². The van der Waals surface area contributed by atoms with E-state index in [0.29, 0.717) is 30.6 Å². The van der Waals surface area contributed by atoms with Crippen molar-refractivity contribution >= 4 is 17.2 Å². The van der Waals surface area contributed by atoms with E-state index in [1.165, 1.54) is 0 Å². The Morgan fingerprint density at radius 1 is 1.30 bits per heavy atom. The summed E-state index contributed by atoms with van der Waals surface area (Å²) in [7, 11) is 0. The molecule has 0 bridgehead atoms. The minimum atomic E-state index is -0.142. The van der Waals surface area contributed by atoms with Crippen LogP contribution >= 0.6 is 11.3 Å². The van der Waals surface area contributed by atoms with Gasteiger partial charge in [0.1, 0.15) is 6.10 Å². The molecule has 1 atom stereocenters. The van der Waals surface area contributed by atoms with Gasteiger partial charge in [0.25, 0.3) is 5.91 Å². The third kappa shape index (κ3) is 4.00. The third-order valence-corrected chi connectivity index (χ3v) is 5.28. The molecule has 0 N–H and O–H groups in total. The Morgan fingerprint density at radius 2 is 2.11 bits per heavy atom. The van der Waals surface area contributed by atoms with Crippen LogP contribution in [-0.2, 0) is 0 Å². The summed E-state index contributed by atoms with van der Waals surface area (Å²) in [4.78, 5) is 24.2. The van der Waals surface area contributed by atoms with Gasteiger partial charge in [-0.3, -0.25) is 4.79 Å². The fourth-order valence-corrected chi connectivity index (χ4v) is 3.86. The van der Waals surface area contributed by atoms with E-state index in [0.717, 1.165) is 29.1 Å². The fraction of sp³-hybridized carbons (Fsp3) is 0.368. The van der Waals surface area contributed by atoms with E-state index in [1.54, 1.807) is 22.3 Å². The number of thiophene rings is 1. The highest BCUT2D eigenvalue weighted by Gasteiger charge is 2.28. The predicted molar refractivity (Wildman–Crippen MR) is 101 cm³/mol. The van der Waals surface area contributed by atoms with Gasteiger partial charge >= 0.3 is 6.01 Å². The molecule has 1 aliphatic heterocycles. The van der Waals surface area contributed by atoms with Crippen LogP contribution in [0.1, 0.15) is 34.7 Å². The van der Waals surface area contributed by atoms with Gasteiger partial charge < -0.3 is 14.2 Å². The van der Waals surface area contributed by atoms with Gasteiger partial charge in [-0.05, 0) is 44.2 Å². The van der Waals surface area contributed by atoms with Crippen molar-refractivity contribution in [3.8, 4) is 16.6 Å². The quantitative estimate of drug-likeness (QED) is 0.685. The number of aryl methyl sites for hydroxylation is 2. The molecule has 3 aromatic rings. The van der Waals surface area contributed by atoms with Gasteiger partial charge in [0, 0.05) is 24.0 Å². The lowest BCUT2D eigenvalue weighted by Crippen LogP contribution is -2.44. The van der Waals surface area contributed by atoms with Crippen LogP contribution in [0.3, 0.4) is 0 Å². The zero-order chi connectivity index (χ0) is 18.8. The average Bonchev–Trinajstić information content (AvgIpc) is 3.32. The van der Waals surface area contributed by atoms with Gasteiger partial charge in [-0.15, -0.1) is 11.3 Å². The summed E-state index contributed by atoms with van der Waals surface area (Å²) in [6.45, 7) is 4.98. The number of rotatable bonds is 4. The zero-order valence-corrected chi connectivity index (χ0v) is 16.0. The maximum absolute atomic E-state index is 12.8. The summed E-state index contributed by atoms with van der Waals surface area (Å²) >= 11 is 1.55. The lowest BCUT2D eigenvalue weighted by Gasteiger charge is -2.31. The maximum Gasteiger partial charge on any atom is 0.317 e. The maximum atomic E-state index is 12.8. The highest BCUT2D eigenvalue weighted by molar-refractivity contribution is 7.13. The van der Waals surface area contributed by atoms with Gasteiger partial charge in [-0.1, -0.05) is 11.2 Å². The van der Waals surface area contributed by atoms with E-state index < -0.39 is 0 Å². The minimum absolute atomic E-state index is 0.132. The molecule has 4 heterocycles. The molecule has 0 aliphatic carbocycles. The summed E-state index contributed by atoms with van der Waals surface area (Å²) < 4.78 is 11.3. The molecule has 140 valence electrons. The molecule has 4 rings (SSSR count). The standard InChI is InChI=1S/C19H20N4O3S/c1-12-9-13(2)21-19(20-12)25-14-5-3-7-23(11-14)18(24)15-10-16(26-22-15)17-6-4-8-27-17/h4,6,8-10,14H,3,5,7,11H2,1-2H3. The summed E-state index contributed by atoms with van der Waals surface area (Å²) in [6.07, 6.45) is 1.59. The number of aromatic nitrogens is 3. The Balaban J connectivity index is 1.44. The summed E-state index contributed by atoms with van der Waals surface area (Å²) in [5, 5.41) is 5.91. The molecule has 27 heavy (non-hydrogen) atoms. The van der Waals surface area contributed by atoms with E-state index in [4.69, 9.17) is 9.26 Å². The van der Waals surface area contributed by atoms with Crippen LogP contribution in [0.15, 0.2) is 34.2 Å². The third-order valence-electron chi connectivity index (χ3n) is 4.39. The predicted octanol–water partition coefficient (Wildman–Crippen LogP) is 3.49. The van der Waals surface area contributed by atoms with Crippen molar-refractivity contribution in [2.45, 2.75) is 32.8 Å². The highest BCUT2D eigenvalue weighted by Crippen LogP contribution is 2.26. The van der Waals surface area contributed by atoms with Crippen molar-refractivity contribution in [2.75, 3.05) is 13.1 Å². The smallest absolute Gasteiger partial charge is 0.317 e. The van der Waals surface area contributed by atoms with Gasteiger partial charge in [0.2, 0.25) is 0 Å². The molecule has 0 aromatic carbocycles. The lowest BCUT2D eigenvalue weighted by atomic mass is 10.1. The first-order chi connectivity index (χ1) is 13.1. The van der Waals surface area contributed by atoms with E-state index >= 15 is 0 Å². The molecule has 1 unspecified atom stereocenters. The molecule has 1 aliphatic rings. The second kappa shape index (κ2) is 7.48. The fourth-order valence-electron chi connectivity index (χ4n) is 3.19. The second-order valence-electron chi connectivity index (χ2n) is 6.62. The van der Waals surface area contributed by atoms with Crippen molar-refractivity contribution in [1.29, 1.82) is 0 Å². The van der Waals surface area contributed by atoms with Crippen LogP contribution in [-0.4, -0.2) is 45.1 Å². The molecular formula is C19H20N4O3S. The molecule has 0 saturated carbocycles. The van der Waals surface area contributed by atoms with E-state index in [1.807, 2.05) is 37.4 Å².